The molecule has 0 amide bonds. The Hall–Kier alpha value is -2.37. The fraction of sp³-hybridized carbons (Fsp3) is 0.308. The third-order valence-corrected chi connectivity index (χ3v) is 2.57. The molecule has 2 rings (SSSR count). The number of ether oxygens (including phenoxy) is 1. The Balaban J connectivity index is 2.18. The number of methoxy groups -OCH3 is 1. The highest BCUT2D eigenvalue weighted by atomic mass is 16.5. The summed E-state index contributed by atoms with van der Waals surface area (Å²) in [6.07, 6.45) is 1.73. The van der Waals surface area contributed by atoms with Crippen molar-refractivity contribution in [2.24, 2.45) is 0 Å². The normalized spacial score (nSPS) is 10.2. The number of pyridine rings is 1. The predicted octanol–water partition coefficient (Wildman–Crippen LogP) is 1.13. The molecule has 0 radical (unpaired) electrons. The van der Waals surface area contributed by atoms with Gasteiger partial charge in [-0.1, -0.05) is 6.07 Å². The average molecular weight is 260 g/mol. The first-order valence-corrected chi connectivity index (χ1v) is 6.04. The van der Waals surface area contributed by atoms with E-state index in [1.165, 1.54) is 17.9 Å². The highest BCUT2D eigenvalue weighted by Gasteiger charge is 2.02. The fourth-order valence-corrected chi connectivity index (χ4v) is 1.63. The zero-order valence-corrected chi connectivity index (χ0v) is 11.0. The minimum absolute atomic E-state index is 0.170. The smallest absolute Gasteiger partial charge is 0.267 e. The molecule has 0 saturated heterocycles. The van der Waals surface area contributed by atoms with Gasteiger partial charge < -0.3 is 10.1 Å². The van der Waals surface area contributed by atoms with Crippen LogP contribution in [0.2, 0.25) is 0 Å². The Morgan fingerprint density at radius 1 is 1.32 bits per heavy atom. The van der Waals surface area contributed by atoms with Gasteiger partial charge in [0.1, 0.15) is 5.82 Å². The zero-order valence-electron chi connectivity index (χ0n) is 11.0. The van der Waals surface area contributed by atoms with Crippen LogP contribution in [0.4, 0.5) is 5.82 Å². The van der Waals surface area contributed by atoms with Crippen molar-refractivity contribution in [2.45, 2.75) is 13.5 Å². The Kier molecular flexibility index (Phi) is 4.12. The summed E-state index contributed by atoms with van der Waals surface area (Å²) in [7, 11) is 1.52. The van der Waals surface area contributed by atoms with Gasteiger partial charge in [0.05, 0.1) is 13.7 Å². The minimum atomic E-state index is -0.170. The Morgan fingerprint density at radius 3 is 2.79 bits per heavy atom. The van der Waals surface area contributed by atoms with Crippen LogP contribution in [0.25, 0.3) is 0 Å². The van der Waals surface area contributed by atoms with Crippen molar-refractivity contribution in [3.8, 4) is 5.88 Å². The lowest BCUT2D eigenvalue weighted by molar-refractivity contribution is 0.379. The van der Waals surface area contributed by atoms with Gasteiger partial charge in [0.25, 0.3) is 5.56 Å². The summed E-state index contributed by atoms with van der Waals surface area (Å²) in [5.74, 6) is 1.23. The van der Waals surface area contributed by atoms with Gasteiger partial charge in [0.2, 0.25) is 5.88 Å². The van der Waals surface area contributed by atoms with E-state index in [9.17, 15) is 4.79 Å². The lowest BCUT2D eigenvalue weighted by Gasteiger charge is -2.07. The fourth-order valence-electron chi connectivity index (χ4n) is 1.63. The maximum Gasteiger partial charge on any atom is 0.267 e. The van der Waals surface area contributed by atoms with E-state index in [1.807, 2.05) is 19.1 Å². The molecule has 2 heterocycles. The first-order valence-electron chi connectivity index (χ1n) is 6.04. The molecule has 0 bridgehead atoms. The van der Waals surface area contributed by atoms with Crippen molar-refractivity contribution in [3.05, 3.63) is 46.4 Å². The minimum Gasteiger partial charge on any atom is -0.480 e. The molecule has 0 spiro atoms. The molecule has 0 saturated carbocycles. The van der Waals surface area contributed by atoms with Crippen LogP contribution >= 0.6 is 0 Å². The molecule has 2 aromatic rings. The van der Waals surface area contributed by atoms with Gasteiger partial charge in [-0.05, 0) is 18.6 Å². The molecule has 0 aliphatic rings. The van der Waals surface area contributed by atoms with E-state index in [2.05, 4.69) is 15.4 Å². The largest absolute Gasteiger partial charge is 0.480 e. The molecule has 1 N–H and O–H groups in total. The van der Waals surface area contributed by atoms with E-state index in [4.69, 9.17) is 4.74 Å². The van der Waals surface area contributed by atoms with Gasteiger partial charge in [-0.15, -0.1) is 5.10 Å². The molecule has 100 valence electrons. The topological polar surface area (TPSA) is 69.0 Å². The molecule has 0 atom stereocenters. The summed E-state index contributed by atoms with van der Waals surface area (Å²) >= 11 is 0. The Morgan fingerprint density at radius 2 is 2.16 bits per heavy atom. The third-order valence-electron chi connectivity index (χ3n) is 2.57. The second-order valence-corrected chi connectivity index (χ2v) is 3.95. The molecule has 0 fully saturated rings. The van der Waals surface area contributed by atoms with E-state index in [0.717, 1.165) is 17.9 Å². The summed E-state index contributed by atoms with van der Waals surface area (Å²) in [6, 6.07) is 6.78. The molecule has 0 aliphatic carbocycles. The van der Waals surface area contributed by atoms with E-state index in [-0.39, 0.29) is 5.56 Å². The first kappa shape index (κ1) is 13.1. The van der Waals surface area contributed by atoms with Crippen LogP contribution in [0.1, 0.15) is 12.5 Å². The summed E-state index contributed by atoms with van der Waals surface area (Å²) in [6.45, 7) is 3.20. The molecule has 6 nitrogen and oxygen atoms in total. The van der Waals surface area contributed by atoms with E-state index >= 15 is 0 Å². The van der Waals surface area contributed by atoms with Gasteiger partial charge in [-0.3, -0.25) is 4.79 Å². The molecular formula is C13H16N4O2. The lowest BCUT2D eigenvalue weighted by atomic mass is 10.3. The number of anilines is 1. The van der Waals surface area contributed by atoms with Gasteiger partial charge in [0.15, 0.2) is 0 Å². The van der Waals surface area contributed by atoms with Crippen molar-refractivity contribution in [2.75, 3.05) is 19.0 Å². The van der Waals surface area contributed by atoms with E-state index < -0.39 is 0 Å². The number of aromatic nitrogens is 3. The van der Waals surface area contributed by atoms with Crippen LogP contribution in [-0.2, 0) is 6.54 Å². The van der Waals surface area contributed by atoms with E-state index in [1.54, 1.807) is 12.3 Å². The monoisotopic (exact) mass is 260 g/mol. The number of rotatable bonds is 5. The number of hydrogen-bond donors (Lipinski definition) is 1. The summed E-state index contributed by atoms with van der Waals surface area (Å²) in [4.78, 5) is 15.9. The van der Waals surface area contributed by atoms with Crippen LogP contribution in [-0.4, -0.2) is 28.4 Å². The molecule has 0 aromatic carbocycles. The molecule has 6 heteroatoms. The van der Waals surface area contributed by atoms with Crippen molar-refractivity contribution in [3.63, 3.8) is 0 Å². The lowest BCUT2D eigenvalue weighted by Crippen LogP contribution is -2.22. The van der Waals surface area contributed by atoms with Gasteiger partial charge >= 0.3 is 0 Å². The van der Waals surface area contributed by atoms with Gasteiger partial charge in [-0.2, -0.15) is 0 Å². The van der Waals surface area contributed by atoms with Crippen molar-refractivity contribution >= 4 is 5.82 Å². The molecule has 19 heavy (non-hydrogen) atoms. The standard InChI is InChI=1S/C13H16N4O2/c1-3-14-11-5-4-10(8-15-11)9-17-13(18)7-6-12(16-17)19-2/h4-8H,3,9H2,1-2H3,(H,14,15). The maximum absolute atomic E-state index is 11.7. The van der Waals surface area contributed by atoms with Crippen molar-refractivity contribution in [1.82, 2.24) is 14.8 Å². The summed E-state index contributed by atoms with van der Waals surface area (Å²) < 4.78 is 6.35. The Bertz CT molecular complexity index is 592. The Labute approximate surface area is 111 Å². The van der Waals surface area contributed by atoms with Crippen LogP contribution in [0.5, 0.6) is 5.88 Å². The maximum atomic E-state index is 11.7. The quantitative estimate of drug-likeness (QED) is 0.872. The van der Waals surface area contributed by atoms with E-state index in [0.29, 0.717) is 12.4 Å². The molecular weight excluding hydrogens is 244 g/mol. The van der Waals surface area contributed by atoms with Gasteiger partial charge in [-0.25, -0.2) is 9.67 Å². The predicted molar refractivity (Wildman–Crippen MR) is 72.6 cm³/mol. The molecule has 0 unspecified atom stereocenters. The molecule has 0 aliphatic heterocycles. The second kappa shape index (κ2) is 5.99. The van der Waals surface area contributed by atoms with Crippen LogP contribution in [0, 0.1) is 0 Å². The second-order valence-electron chi connectivity index (χ2n) is 3.95. The summed E-state index contributed by atoms with van der Waals surface area (Å²) in [5, 5.41) is 7.20. The van der Waals surface area contributed by atoms with Crippen molar-refractivity contribution < 1.29 is 4.74 Å². The van der Waals surface area contributed by atoms with Crippen LogP contribution in [0.15, 0.2) is 35.3 Å². The number of hydrogen-bond acceptors (Lipinski definition) is 5. The van der Waals surface area contributed by atoms with Crippen LogP contribution in [0.3, 0.4) is 0 Å². The highest BCUT2D eigenvalue weighted by Crippen LogP contribution is 2.06. The summed E-state index contributed by atoms with van der Waals surface area (Å²) in [5.41, 5.74) is 0.737. The SMILES string of the molecule is CCNc1ccc(Cn2nc(OC)ccc2=O)cn1. The highest BCUT2D eigenvalue weighted by molar-refractivity contribution is 5.35. The first-order chi connectivity index (χ1) is 9.22. The zero-order chi connectivity index (χ0) is 13.7. The average Bonchev–Trinajstić information content (AvgIpc) is 2.44. The third kappa shape index (κ3) is 3.31. The number of nitrogens with zero attached hydrogens (tertiary/aromatic N) is 3. The molecule has 2 aromatic heterocycles. The van der Waals surface area contributed by atoms with Gasteiger partial charge in [0, 0.05) is 24.9 Å². The number of nitrogens with one attached hydrogen (secondary N) is 1. The van der Waals surface area contributed by atoms with Crippen LogP contribution < -0.4 is 15.6 Å². The van der Waals surface area contributed by atoms with Crippen molar-refractivity contribution in [1.29, 1.82) is 0 Å².